The Bertz CT molecular complexity index is 522. The molecule has 0 aliphatic carbocycles. The Labute approximate surface area is 137 Å². The number of benzene rings is 1. The fraction of sp³-hybridized carbons (Fsp3) is 0.300. The smallest absolute Gasteiger partial charge is 0.316 e. The fourth-order valence-corrected chi connectivity index (χ4v) is 3.87. The molecule has 0 amide bonds. The van der Waals surface area contributed by atoms with Crippen molar-refractivity contribution >= 4 is 68.0 Å². The average Bonchev–Trinajstić information content (AvgIpc) is 2.37. The van der Waals surface area contributed by atoms with Crippen molar-refractivity contribution in [3.8, 4) is 0 Å². The van der Waals surface area contributed by atoms with E-state index < -0.39 is 8.72 Å². The normalized spacial score (nSPS) is 11.2. The van der Waals surface area contributed by atoms with Gasteiger partial charge in [0.1, 0.15) is 5.75 Å². The van der Waals surface area contributed by atoms with Gasteiger partial charge < -0.3 is 4.74 Å². The zero-order valence-corrected chi connectivity index (χ0v) is 13.9. The highest BCUT2D eigenvalue weighted by Crippen LogP contribution is 2.46. The maximum Gasteiger partial charge on any atom is 0.316 e. The van der Waals surface area contributed by atoms with E-state index in [9.17, 15) is 14.9 Å². The molecule has 1 aromatic carbocycles. The van der Waals surface area contributed by atoms with Gasteiger partial charge in [-0.3, -0.25) is 14.9 Å². The van der Waals surface area contributed by atoms with Crippen molar-refractivity contribution in [1.29, 1.82) is 0 Å². The largest absolute Gasteiger partial charge is 0.468 e. The van der Waals surface area contributed by atoms with Gasteiger partial charge in [0, 0.05) is 22.6 Å². The maximum absolute atomic E-state index is 11.0. The van der Waals surface area contributed by atoms with Crippen molar-refractivity contribution in [2.45, 2.75) is 8.69 Å². The zero-order chi connectivity index (χ0) is 15.3. The first-order valence-corrected chi connectivity index (χ1v) is 8.43. The van der Waals surface area contributed by atoms with Crippen LogP contribution in [-0.4, -0.2) is 23.8 Å². The van der Waals surface area contributed by atoms with Crippen LogP contribution in [0, 0.1) is 10.1 Å². The highest BCUT2D eigenvalue weighted by atomic mass is 35.6. The molecule has 0 aliphatic heterocycles. The number of hydrogen-bond acceptors (Lipinski definition) is 6. The summed E-state index contributed by atoms with van der Waals surface area (Å²) in [6.07, 6.45) is 0. The summed E-state index contributed by atoms with van der Waals surface area (Å²) >= 11 is 17.4. The van der Waals surface area contributed by atoms with E-state index in [0.29, 0.717) is 4.90 Å². The summed E-state index contributed by atoms with van der Waals surface area (Å²) in [5.74, 6) is -0.280. The molecule has 0 radical (unpaired) electrons. The number of non-ortho nitro benzene ring substituents is 1. The minimum atomic E-state index is -1.79. The molecule has 0 atom stereocenters. The van der Waals surface area contributed by atoms with Crippen LogP contribution < -0.4 is 0 Å². The third-order valence-corrected chi connectivity index (χ3v) is 4.90. The number of nitrogens with zero attached hydrogens (tertiary/aromatic N) is 1. The van der Waals surface area contributed by atoms with Crippen molar-refractivity contribution < 1.29 is 14.5 Å². The van der Waals surface area contributed by atoms with Crippen LogP contribution in [0.5, 0.6) is 0 Å². The molecular formula is C10H8Cl3NO4S2. The van der Waals surface area contributed by atoms with Gasteiger partial charge in [-0.05, 0) is 6.07 Å². The number of alkyl halides is 3. The monoisotopic (exact) mass is 375 g/mol. The number of carbonyl (C=O) groups excluding carboxylic acids is 1. The van der Waals surface area contributed by atoms with Gasteiger partial charge in [0.25, 0.3) is 5.69 Å². The van der Waals surface area contributed by atoms with Gasteiger partial charge in [-0.15, -0.1) is 0 Å². The molecule has 0 bridgehead atoms. The molecule has 110 valence electrons. The molecular weight excluding hydrogens is 369 g/mol. The standard InChI is InChI=1S/C10H8Cl3NO4S2/c1-18-9(15)5-19-20-8-3-2-6(14(16)17)4-7(8)10(11,12)13/h2-4H,5H2,1H3. The Morgan fingerprint density at radius 2 is 2.10 bits per heavy atom. The minimum Gasteiger partial charge on any atom is -0.468 e. The van der Waals surface area contributed by atoms with Crippen LogP contribution in [0.1, 0.15) is 5.56 Å². The van der Waals surface area contributed by atoms with Crippen molar-refractivity contribution in [3.63, 3.8) is 0 Å². The zero-order valence-electron chi connectivity index (χ0n) is 9.97. The third-order valence-electron chi connectivity index (χ3n) is 2.03. The van der Waals surface area contributed by atoms with Crippen molar-refractivity contribution in [1.82, 2.24) is 0 Å². The molecule has 1 rings (SSSR count). The first-order valence-electron chi connectivity index (χ1n) is 4.97. The summed E-state index contributed by atoms with van der Waals surface area (Å²) in [5, 5.41) is 10.7. The topological polar surface area (TPSA) is 69.4 Å². The van der Waals surface area contributed by atoms with Crippen LogP contribution >= 0.6 is 56.4 Å². The summed E-state index contributed by atoms with van der Waals surface area (Å²) in [4.78, 5) is 21.7. The van der Waals surface area contributed by atoms with Gasteiger partial charge in [-0.2, -0.15) is 0 Å². The summed E-state index contributed by atoms with van der Waals surface area (Å²) in [5.41, 5.74) is 0.0210. The van der Waals surface area contributed by atoms with E-state index in [1.807, 2.05) is 0 Å². The predicted molar refractivity (Wildman–Crippen MR) is 82.7 cm³/mol. The number of rotatable bonds is 5. The van der Waals surface area contributed by atoms with E-state index in [-0.39, 0.29) is 23.0 Å². The van der Waals surface area contributed by atoms with Crippen LogP contribution in [0.2, 0.25) is 0 Å². The lowest BCUT2D eigenvalue weighted by molar-refractivity contribution is -0.385. The lowest BCUT2D eigenvalue weighted by atomic mass is 10.2. The van der Waals surface area contributed by atoms with Gasteiger partial charge in [0.2, 0.25) is 3.79 Å². The predicted octanol–water partition coefficient (Wildman–Crippen LogP) is 4.33. The summed E-state index contributed by atoms with van der Waals surface area (Å²) in [6, 6.07) is 3.99. The quantitative estimate of drug-likeness (QED) is 0.250. The maximum atomic E-state index is 11.0. The van der Waals surface area contributed by atoms with Crippen LogP contribution in [-0.2, 0) is 13.3 Å². The molecule has 20 heavy (non-hydrogen) atoms. The molecule has 1 aromatic rings. The molecule has 0 saturated heterocycles. The number of carbonyl (C=O) groups is 1. The Morgan fingerprint density at radius 3 is 2.60 bits per heavy atom. The number of nitro benzene ring substituents is 1. The Balaban J connectivity index is 2.95. The molecule has 0 unspecified atom stereocenters. The highest BCUT2D eigenvalue weighted by Gasteiger charge is 2.28. The van der Waals surface area contributed by atoms with Crippen molar-refractivity contribution in [2.24, 2.45) is 0 Å². The number of nitro groups is 1. The van der Waals surface area contributed by atoms with Crippen LogP contribution in [0.3, 0.4) is 0 Å². The van der Waals surface area contributed by atoms with Gasteiger partial charge in [0.05, 0.1) is 12.0 Å². The summed E-state index contributed by atoms with van der Waals surface area (Å²) < 4.78 is 2.70. The Hall–Kier alpha value is -0.340. The molecule has 0 saturated carbocycles. The highest BCUT2D eigenvalue weighted by molar-refractivity contribution is 8.76. The molecule has 0 spiro atoms. The van der Waals surface area contributed by atoms with E-state index in [4.69, 9.17) is 34.8 Å². The molecule has 0 heterocycles. The van der Waals surface area contributed by atoms with E-state index in [2.05, 4.69) is 4.74 Å². The molecule has 0 aromatic heterocycles. The summed E-state index contributed by atoms with van der Waals surface area (Å²) in [7, 11) is 3.64. The van der Waals surface area contributed by atoms with Crippen molar-refractivity contribution in [2.75, 3.05) is 12.9 Å². The Morgan fingerprint density at radius 1 is 1.45 bits per heavy atom. The number of ether oxygens (including phenoxy) is 1. The van der Waals surface area contributed by atoms with E-state index in [1.165, 1.54) is 46.9 Å². The second-order valence-corrected chi connectivity index (χ2v) is 7.98. The van der Waals surface area contributed by atoms with Gasteiger partial charge >= 0.3 is 5.97 Å². The first kappa shape index (κ1) is 17.7. The van der Waals surface area contributed by atoms with Crippen LogP contribution in [0.15, 0.2) is 23.1 Å². The van der Waals surface area contributed by atoms with E-state index in [0.717, 1.165) is 0 Å². The van der Waals surface area contributed by atoms with Gasteiger partial charge in [0.15, 0.2) is 0 Å². The second kappa shape index (κ2) is 7.61. The second-order valence-electron chi connectivity index (χ2n) is 3.36. The fourth-order valence-electron chi connectivity index (χ4n) is 1.13. The lowest BCUT2D eigenvalue weighted by Crippen LogP contribution is -2.04. The average molecular weight is 377 g/mol. The number of halogens is 3. The molecule has 0 fully saturated rings. The molecule has 0 N–H and O–H groups in total. The van der Waals surface area contributed by atoms with E-state index in [1.54, 1.807) is 0 Å². The lowest BCUT2D eigenvalue weighted by Gasteiger charge is -2.15. The number of esters is 1. The molecule has 5 nitrogen and oxygen atoms in total. The van der Waals surface area contributed by atoms with Crippen LogP contribution in [0.25, 0.3) is 0 Å². The van der Waals surface area contributed by atoms with Crippen LogP contribution in [0.4, 0.5) is 5.69 Å². The number of methoxy groups -OCH3 is 1. The SMILES string of the molecule is COC(=O)CSSc1ccc([N+](=O)[O-])cc1C(Cl)(Cl)Cl. The number of hydrogen-bond donors (Lipinski definition) is 0. The summed E-state index contributed by atoms with van der Waals surface area (Å²) in [6.45, 7) is 0. The minimum absolute atomic E-state index is 0.109. The van der Waals surface area contributed by atoms with Gasteiger partial charge in [-0.25, -0.2) is 0 Å². The van der Waals surface area contributed by atoms with Gasteiger partial charge in [-0.1, -0.05) is 56.4 Å². The van der Waals surface area contributed by atoms with Crippen molar-refractivity contribution in [3.05, 3.63) is 33.9 Å². The first-order chi connectivity index (χ1) is 9.25. The molecule has 0 aliphatic rings. The third kappa shape index (κ3) is 5.21. The molecule has 10 heteroatoms. The Kier molecular flexibility index (Phi) is 6.74. The van der Waals surface area contributed by atoms with E-state index >= 15 is 0 Å².